The van der Waals surface area contributed by atoms with Gasteiger partial charge in [-0.05, 0) is 49.3 Å². The minimum atomic E-state index is -0.429. The molecule has 0 aliphatic carbocycles. The van der Waals surface area contributed by atoms with Crippen molar-refractivity contribution in [2.24, 2.45) is 5.92 Å². The first-order valence-corrected chi connectivity index (χ1v) is 11.6. The highest BCUT2D eigenvalue weighted by Gasteiger charge is 2.26. The molecule has 7 nitrogen and oxygen atoms in total. The van der Waals surface area contributed by atoms with Crippen molar-refractivity contribution in [3.63, 3.8) is 0 Å². The fourth-order valence-corrected chi connectivity index (χ4v) is 4.78. The normalized spacial score (nSPS) is 16.9. The van der Waals surface area contributed by atoms with Gasteiger partial charge in [0.1, 0.15) is 0 Å². The summed E-state index contributed by atoms with van der Waals surface area (Å²) in [4.78, 5) is 30.8. The lowest BCUT2D eigenvalue weighted by molar-refractivity contribution is -0.384. The second kappa shape index (κ2) is 9.59. The number of benzene rings is 2. The Morgan fingerprint density at radius 3 is 2.38 bits per heavy atom. The van der Waals surface area contributed by atoms with E-state index in [-0.39, 0.29) is 11.6 Å². The second-order valence-electron chi connectivity index (χ2n) is 9.11. The number of non-ortho nitro benzene ring substituents is 1. The lowest BCUT2D eigenvalue weighted by Crippen LogP contribution is -2.35. The molecule has 0 radical (unpaired) electrons. The average molecular weight is 437 g/mol. The monoisotopic (exact) mass is 436 g/mol. The smallest absolute Gasteiger partial charge is 0.270 e. The van der Waals surface area contributed by atoms with Crippen LogP contribution in [0.2, 0.25) is 0 Å². The standard InChI is InChI=1S/C25H32N4O3/c1-19-11-15-28(16-12-19)24-10-9-21(29(31)32)17-22(24)25(30)26(2)18-20-7-3-4-8-23(20)27-13-5-6-14-27/h3-4,7-10,17,19H,5-6,11-16,18H2,1-2H3. The summed E-state index contributed by atoms with van der Waals surface area (Å²) in [5.74, 6) is 0.478. The molecule has 32 heavy (non-hydrogen) atoms. The van der Waals surface area contributed by atoms with Crippen LogP contribution in [0.1, 0.15) is 48.5 Å². The maximum absolute atomic E-state index is 13.5. The molecule has 2 aliphatic heterocycles. The summed E-state index contributed by atoms with van der Waals surface area (Å²) in [6.45, 7) is 6.51. The van der Waals surface area contributed by atoms with E-state index in [0.717, 1.165) is 50.3 Å². The Kier molecular flexibility index (Phi) is 6.63. The number of para-hydroxylation sites is 1. The van der Waals surface area contributed by atoms with Gasteiger partial charge in [0.15, 0.2) is 0 Å². The van der Waals surface area contributed by atoms with Gasteiger partial charge in [-0.2, -0.15) is 0 Å². The molecule has 7 heteroatoms. The van der Waals surface area contributed by atoms with Crippen molar-refractivity contribution in [2.45, 2.75) is 39.2 Å². The molecule has 0 spiro atoms. The highest BCUT2D eigenvalue weighted by atomic mass is 16.6. The van der Waals surface area contributed by atoms with Crippen LogP contribution in [0.15, 0.2) is 42.5 Å². The zero-order valence-electron chi connectivity index (χ0n) is 19.0. The molecule has 2 aromatic rings. The number of rotatable bonds is 6. The quantitative estimate of drug-likeness (QED) is 0.485. The highest BCUT2D eigenvalue weighted by Crippen LogP contribution is 2.31. The third-order valence-electron chi connectivity index (χ3n) is 6.74. The molecule has 2 aromatic carbocycles. The van der Waals surface area contributed by atoms with Gasteiger partial charge < -0.3 is 14.7 Å². The van der Waals surface area contributed by atoms with E-state index in [0.29, 0.717) is 18.0 Å². The van der Waals surface area contributed by atoms with E-state index in [2.05, 4.69) is 28.9 Å². The third kappa shape index (κ3) is 4.71. The molecule has 2 heterocycles. The summed E-state index contributed by atoms with van der Waals surface area (Å²) in [6, 6.07) is 12.9. The van der Waals surface area contributed by atoms with Crippen LogP contribution >= 0.6 is 0 Å². The molecule has 170 valence electrons. The first-order chi connectivity index (χ1) is 15.4. The van der Waals surface area contributed by atoms with Crippen molar-refractivity contribution in [1.29, 1.82) is 0 Å². The summed E-state index contributed by atoms with van der Waals surface area (Å²) >= 11 is 0. The lowest BCUT2D eigenvalue weighted by atomic mass is 9.97. The van der Waals surface area contributed by atoms with Gasteiger partial charge >= 0.3 is 0 Å². The first kappa shape index (κ1) is 22.1. The number of piperidine rings is 1. The predicted molar refractivity (Wildman–Crippen MR) is 127 cm³/mol. The number of anilines is 2. The number of amides is 1. The van der Waals surface area contributed by atoms with Crippen molar-refractivity contribution in [2.75, 3.05) is 43.0 Å². The molecular weight excluding hydrogens is 404 g/mol. The fourth-order valence-electron chi connectivity index (χ4n) is 4.78. The summed E-state index contributed by atoms with van der Waals surface area (Å²) in [5.41, 5.74) is 3.44. The Bertz CT molecular complexity index is 979. The summed E-state index contributed by atoms with van der Waals surface area (Å²) in [5, 5.41) is 11.4. The number of carbonyl (C=O) groups excluding carboxylic acids is 1. The predicted octanol–water partition coefficient (Wildman–Crippen LogP) is 4.70. The molecule has 0 unspecified atom stereocenters. The van der Waals surface area contributed by atoms with Gasteiger partial charge in [0.25, 0.3) is 11.6 Å². The maximum atomic E-state index is 13.5. The molecule has 2 aliphatic rings. The Morgan fingerprint density at radius 2 is 1.69 bits per heavy atom. The van der Waals surface area contributed by atoms with Crippen LogP contribution < -0.4 is 9.80 Å². The second-order valence-corrected chi connectivity index (χ2v) is 9.11. The van der Waals surface area contributed by atoms with Crippen LogP contribution in [-0.2, 0) is 6.54 Å². The van der Waals surface area contributed by atoms with Gasteiger partial charge in [-0.15, -0.1) is 0 Å². The SMILES string of the molecule is CC1CCN(c2ccc([N+](=O)[O-])cc2C(=O)N(C)Cc2ccccc2N2CCCC2)CC1. The van der Waals surface area contributed by atoms with Crippen LogP contribution in [-0.4, -0.2) is 49.0 Å². The van der Waals surface area contributed by atoms with Crippen molar-refractivity contribution in [1.82, 2.24) is 4.90 Å². The average Bonchev–Trinajstić information content (AvgIpc) is 3.34. The van der Waals surface area contributed by atoms with E-state index in [1.54, 1.807) is 18.0 Å². The highest BCUT2D eigenvalue weighted by molar-refractivity contribution is 6.00. The van der Waals surface area contributed by atoms with Crippen LogP contribution in [0.5, 0.6) is 0 Å². The van der Waals surface area contributed by atoms with Crippen LogP contribution in [0.25, 0.3) is 0 Å². The van der Waals surface area contributed by atoms with Crippen molar-refractivity contribution in [3.8, 4) is 0 Å². The molecular formula is C25H32N4O3. The summed E-state index contributed by atoms with van der Waals surface area (Å²) < 4.78 is 0. The first-order valence-electron chi connectivity index (χ1n) is 11.6. The Labute approximate surface area is 189 Å². The topological polar surface area (TPSA) is 69.9 Å². The van der Waals surface area contributed by atoms with Crippen molar-refractivity contribution in [3.05, 3.63) is 63.7 Å². The Balaban J connectivity index is 1.60. The molecule has 1 amide bonds. The molecule has 0 saturated carbocycles. The Hall–Kier alpha value is -3.09. The van der Waals surface area contributed by atoms with E-state index in [4.69, 9.17) is 0 Å². The van der Waals surface area contributed by atoms with Gasteiger partial charge in [-0.1, -0.05) is 25.1 Å². The molecule has 2 fully saturated rings. The molecule has 0 aromatic heterocycles. The Morgan fingerprint density at radius 1 is 1.03 bits per heavy atom. The zero-order valence-corrected chi connectivity index (χ0v) is 19.0. The fraction of sp³-hybridized carbons (Fsp3) is 0.480. The zero-order chi connectivity index (χ0) is 22.7. The van der Waals surface area contributed by atoms with Crippen molar-refractivity contribution < 1.29 is 9.72 Å². The van der Waals surface area contributed by atoms with Crippen LogP contribution in [0, 0.1) is 16.0 Å². The minimum Gasteiger partial charge on any atom is -0.371 e. The summed E-state index contributed by atoms with van der Waals surface area (Å²) in [7, 11) is 1.78. The lowest BCUT2D eigenvalue weighted by Gasteiger charge is -2.33. The van der Waals surface area contributed by atoms with E-state index in [9.17, 15) is 14.9 Å². The molecule has 2 saturated heterocycles. The maximum Gasteiger partial charge on any atom is 0.270 e. The molecule has 0 N–H and O–H groups in total. The number of nitro groups is 1. The molecule has 0 atom stereocenters. The molecule has 0 bridgehead atoms. The van der Waals surface area contributed by atoms with Gasteiger partial charge in [0.05, 0.1) is 16.2 Å². The number of hydrogen-bond acceptors (Lipinski definition) is 5. The number of nitro benzene ring substituents is 1. The van der Waals surface area contributed by atoms with Crippen molar-refractivity contribution >= 4 is 23.0 Å². The van der Waals surface area contributed by atoms with Crippen LogP contribution in [0.3, 0.4) is 0 Å². The number of nitrogens with zero attached hydrogens (tertiary/aromatic N) is 4. The minimum absolute atomic E-state index is 0.0478. The molecule has 4 rings (SSSR count). The van der Waals surface area contributed by atoms with Crippen LogP contribution in [0.4, 0.5) is 17.1 Å². The van der Waals surface area contributed by atoms with Gasteiger partial charge in [0.2, 0.25) is 0 Å². The van der Waals surface area contributed by atoms with Gasteiger partial charge in [0, 0.05) is 57.6 Å². The number of hydrogen-bond donors (Lipinski definition) is 0. The van der Waals surface area contributed by atoms with E-state index in [1.807, 2.05) is 12.1 Å². The van der Waals surface area contributed by atoms with Gasteiger partial charge in [-0.3, -0.25) is 14.9 Å². The summed E-state index contributed by atoms with van der Waals surface area (Å²) in [6.07, 6.45) is 4.50. The third-order valence-corrected chi connectivity index (χ3v) is 6.74. The number of carbonyl (C=O) groups is 1. The van der Waals surface area contributed by atoms with E-state index in [1.165, 1.54) is 30.7 Å². The largest absolute Gasteiger partial charge is 0.371 e. The van der Waals surface area contributed by atoms with E-state index < -0.39 is 4.92 Å². The van der Waals surface area contributed by atoms with E-state index >= 15 is 0 Å². The van der Waals surface area contributed by atoms with Gasteiger partial charge in [-0.25, -0.2) is 0 Å².